The zero-order valence-electron chi connectivity index (χ0n) is 19.2. The highest BCUT2D eigenvalue weighted by atomic mass is 16.6. The molecule has 0 aliphatic carbocycles. The van der Waals surface area contributed by atoms with Gasteiger partial charge in [0.25, 0.3) is 0 Å². The van der Waals surface area contributed by atoms with E-state index in [1.807, 2.05) is 0 Å². The zero-order chi connectivity index (χ0) is 23.0. The first kappa shape index (κ1) is 26.9. The number of carbonyl (C=O) groups is 3. The minimum Gasteiger partial charge on any atom is -0.458 e. The number of allylic oxidation sites excluding steroid dienone is 1. The summed E-state index contributed by atoms with van der Waals surface area (Å²) < 4.78 is 16.1. The fourth-order valence-corrected chi connectivity index (χ4v) is 2.12. The zero-order valence-corrected chi connectivity index (χ0v) is 19.2. The molecule has 0 heterocycles. The third-order valence-corrected chi connectivity index (χ3v) is 3.05. The van der Waals surface area contributed by atoms with Crippen molar-refractivity contribution in [3.8, 4) is 0 Å². The molecule has 8 heteroatoms. The lowest BCUT2D eigenvalue weighted by molar-refractivity contribution is -0.161. The Morgan fingerprint density at radius 3 is 1.55 bits per heavy atom. The van der Waals surface area contributed by atoms with E-state index >= 15 is 0 Å². The average Bonchev–Trinajstić information content (AvgIpc) is 2.44. The molecule has 0 rings (SSSR count). The van der Waals surface area contributed by atoms with Crippen LogP contribution in [0.15, 0.2) is 12.2 Å². The lowest BCUT2D eigenvalue weighted by atomic mass is 10.1. The predicted molar refractivity (Wildman–Crippen MR) is 109 cm³/mol. The summed E-state index contributed by atoms with van der Waals surface area (Å²) in [5, 5.41) is 8.90. The van der Waals surface area contributed by atoms with Crippen LogP contribution in [0, 0.1) is 0 Å². The number of hydrogen-bond acceptors (Lipinski definition) is 7. The van der Waals surface area contributed by atoms with Crippen LogP contribution in [0.25, 0.3) is 0 Å². The van der Waals surface area contributed by atoms with Crippen LogP contribution in [0.5, 0.6) is 0 Å². The number of nitrogens with zero attached hydrogens (tertiary/aromatic N) is 1. The summed E-state index contributed by atoms with van der Waals surface area (Å²) in [5.41, 5.74) is -2.58. The van der Waals surface area contributed by atoms with E-state index in [4.69, 9.17) is 19.3 Å². The summed E-state index contributed by atoms with van der Waals surface area (Å²) in [7, 11) is 0. The maximum absolute atomic E-state index is 12.9. The Balaban J connectivity index is 5.99. The van der Waals surface area contributed by atoms with Gasteiger partial charge in [0, 0.05) is 0 Å². The van der Waals surface area contributed by atoms with Crippen molar-refractivity contribution < 1.29 is 33.7 Å². The van der Waals surface area contributed by atoms with Crippen LogP contribution in [0.2, 0.25) is 0 Å². The van der Waals surface area contributed by atoms with E-state index in [1.165, 1.54) is 6.08 Å². The van der Waals surface area contributed by atoms with E-state index in [2.05, 4.69) is 0 Å². The number of carbonyl (C=O) groups excluding carboxylic acids is 3. The monoisotopic (exact) mass is 415 g/mol. The number of esters is 1. The number of ether oxygens (including phenoxy) is 3. The SMILES string of the molecule is CC(C)(C)OC(=O)[C@H](CC/C=C/CO)N(C(=O)OC(C)(C)C)C(=O)OC(C)(C)C. The fourth-order valence-electron chi connectivity index (χ4n) is 2.12. The standard InChI is InChI=1S/C21H37NO7/c1-19(2,3)27-16(24)15(13-11-10-12-14-23)22(17(25)28-20(4,5)6)18(26)29-21(7,8)9/h10,12,15,23H,11,13-14H2,1-9H3/b12-10+/t15-/m0/s1. The normalized spacial score (nSPS) is 13.7. The molecule has 0 aromatic heterocycles. The van der Waals surface area contributed by atoms with Crippen molar-refractivity contribution in [2.75, 3.05) is 6.61 Å². The fraction of sp³-hybridized carbons (Fsp3) is 0.762. The molecule has 0 aliphatic rings. The lowest BCUT2D eigenvalue weighted by Gasteiger charge is -2.33. The van der Waals surface area contributed by atoms with E-state index < -0.39 is 41.0 Å². The van der Waals surface area contributed by atoms with Crippen molar-refractivity contribution in [3.63, 3.8) is 0 Å². The van der Waals surface area contributed by atoms with E-state index in [0.29, 0.717) is 11.3 Å². The smallest absolute Gasteiger partial charge is 0.420 e. The molecule has 0 radical (unpaired) electrons. The summed E-state index contributed by atoms with van der Waals surface area (Å²) in [6, 6.07) is -1.25. The van der Waals surface area contributed by atoms with Gasteiger partial charge in [0.1, 0.15) is 22.8 Å². The van der Waals surface area contributed by atoms with Gasteiger partial charge in [-0.3, -0.25) is 0 Å². The Bertz CT molecular complexity index is 564. The largest absolute Gasteiger partial charge is 0.458 e. The number of imide groups is 1. The van der Waals surface area contributed by atoms with Crippen LogP contribution in [-0.4, -0.2) is 57.6 Å². The van der Waals surface area contributed by atoms with E-state index in [9.17, 15) is 14.4 Å². The van der Waals surface area contributed by atoms with Crippen molar-refractivity contribution >= 4 is 18.2 Å². The average molecular weight is 416 g/mol. The molecule has 0 spiro atoms. The Morgan fingerprint density at radius 2 is 1.21 bits per heavy atom. The van der Waals surface area contributed by atoms with Gasteiger partial charge in [-0.25, -0.2) is 14.4 Å². The highest BCUT2D eigenvalue weighted by molar-refractivity contribution is 5.94. The third-order valence-electron chi connectivity index (χ3n) is 3.05. The first-order chi connectivity index (χ1) is 13.0. The molecule has 29 heavy (non-hydrogen) atoms. The molecular formula is C21H37NO7. The molecule has 0 bridgehead atoms. The van der Waals surface area contributed by atoms with Gasteiger partial charge in [0.15, 0.2) is 0 Å². The van der Waals surface area contributed by atoms with E-state index in [-0.39, 0.29) is 13.0 Å². The Morgan fingerprint density at radius 1 is 0.793 bits per heavy atom. The van der Waals surface area contributed by atoms with Gasteiger partial charge in [-0.2, -0.15) is 4.90 Å². The number of amides is 2. The molecule has 168 valence electrons. The van der Waals surface area contributed by atoms with Crippen molar-refractivity contribution in [2.45, 2.75) is 98.0 Å². The van der Waals surface area contributed by atoms with Gasteiger partial charge in [0.05, 0.1) is 6.61 Å². The Labute approximate surface area is 174 Å². The molecule has 1 N–H and O–H groups in total. The Hall–Kier alpha value is -2.09. The summed E-state index contributed by atoms with van der Waals surface area (Å²) in [5.74, 6) is -0.744. The maximum atomic E-state index is 12.9. The summed E-state index contributed by atoms with van der Waals surface area (Å²) in [6.07, 6.45) is 1.59. The highest BCUT2D eigenvalue weighted by Crippen LogP contribution is 2.21. The van der Waals surface area contributed by atoms with Gasteiger partial charge in [-0.15, -0.1) is 0 Å². The number of aliphatic hydroxyl groups is 1. The molecule has 0 saturated carbocycles. The van der Waals surface area contributed by atoms with Gasteiger partial charge < -0.3 is 19.3 Å². The van der Waals surface area contributed by atoms with E-state index in [0.717, 1.165) is 0 Å². The minimum absolute atomic E-state index is 0.0872. The third kappa shape index (κ3) is 12.2. The van der Waals surface area contributed by atoms with Crippen LogP contribution in [0.3, 0.4) is 0 Å². The summed E-state index contributed by atoms with van der Waals surface area (Å²) in [6.45, 7) is 14.9. The summed E-state index contributed by atoms with van der Waals surface area (Å²) >= 11 is 0. The maximum Gasteiger partial charge on any atom is 0.420 e. The van der Waals surface area contributed by atoms with Crippen LogP contribution < -0.4 is 0 Å². The molecule has 0 fully saturated rings. The van der Waals surface area contributed by atoms with Crippen LogP contribution >= 0.6 is 0 Å². The quantitative estimate of drug-likeness (QED) is 0.394. The van der Waals surface area contributed by atoms with Crippen LogP contribution in [-0.2, 0) is 19.0 Å². The predicted octanol–water partition coefficient (Wildman–Crippen LogP) is 4.20. The van der Waals surface area contributed by atoms with Gasteiger partial charge in [-0.1, -0.05) is 12.2 Å². The minimum atomic E-state index is -1.25. The van der Waals surface area contributed by atoms with Crippen molar-refractivity contribution in [1.29, 1.82) is 0 Å². The second-order valence-corrected chi connectivity index (χ2v) is 9.61. The molecule has 0 aromatic rings. The van der Waals surface area contributed by atoms with Crippen LogP contribution in [0.1, 0.15) is 75.2 Å². The van der Waals surface area contributed by atoms with Crippen molar-refractivity contribution in [1.82, 2.24) is 4.90 Å². The van der Waals surface area contributed by atoms with Crippen molar-refractivity contribution in [3.05, 3.63) is 12.2 Å². The molecule has 8 nitrogen and oxygen atoms in total. The second-order valence-electron chi connectivity index (χ2n) is 9.61. The second kappa shape index (κ2) is 10.6. The highest BCUT2D eigenvalue weighted by Gasteiger charge is 2.41. The molecule has 2 amide bonds. The molecule has 0 aliphatic heterocycles. The number of rotatable bonds is 6. The van der Waals surface area contributed by atoms with Crippen LogP contribution in [0.4, 0.5) is 9.59 Å². The van der Waals surface area contributed by atoms with Gasteiger partial charge >= 0.3 is 18.2 Å². The number of hydrogen-bond donors (Lipinski definition) is 1. The topological polar surface area (TPSA) is 102 Å². The van der Waals surface area contributed by atoms with Crippen molar-refractivity contribution in [2.24, 2.45) is 0 Å². The molecule has 0 aromatic carbocycles. The first-order valence-corrected chi connectivity index (χ1v) is 9.71. The molecular weight excluding hydrogens is 378 g/mol. The molecule has 1 atom stereocenters. The Kier molecular flexibility index (Phi) is 9.85. The molecule has 0 saturated heterocycles. The molecule has 0 unspecified atom stereocenters. The van der Waals surface area contributed by atoms with Gasteiger partial charge in [-0.05, 0) is 75.2 Å². The lowest BCUT2D eigenvalue weighted by Crippen LogP contribution is -2.53. The van der Waals surface area contributed by atoms with Gasteiger partial charge in [0.2, 0.25) is 0 Å². The summed E-state index contributed by atoms with van der Waals surface area (Å²) in [4.78, 5) is 39.2. The first-order valence-electron chi connectivity index (χ1n) is 9.71. The number of aliphatic hydroxyl groups excluding tert-OH is 1. The van der Waals surface area contributed by atoms with E-state index in [1.54, 1.807) is 68.4 Å².